The lowest BCUT2D eigenvalue weighted by Gasteiger charge is -2.36. The maximum atomic E-state index is 9.29. The zero-order valence-corrected chi connectivity index (χ0v) is 12.1. The Morgan fingerprint density at radius 2 is 2.37 bits per heavy atom. The number of rotatable bonds is 5. The van der Waals surface area contributed by atoms with Gasteiger partial charge in [0.1, 0.15) is 5.60 Å². The molecule has 0 bridgehead atoms. The second-order valence-electron chi connectivity index (χ2n) is 5.80. The predicted molar refractivity (Wildman–Crippen MR) is 70.6 cm³/mol. The Labute approximate surface area is 114 Å². The minimum absolute atomic E-state index is 0.346. The van der Waals surface area contributed by atoms with Gasteiger partial charge in [-0.05, 0) is 38.5 Å². The molecular weight excluding hydrogens is 244 g/mol. The fourth-order valence-electron chi connectivity index (χ4n) is 2.86. The van der Waals surface area contributed by atoms with Gasteiger partial charge in [-0.15, -0.1) is 0 Å². The molecule has 19 heavy (non-hydrogen) atoms. The summed E-state index contributed by atoms with van der Waals surface area (Å²) in [5.74, 6) is 1.88. The smallest absolute Gasteiger partial charge is 0.226 e. The second kappa shape index (κ2) is 6.01. The molecule has 1 N–H and O–H groups in total. The maximum absolute atomic E-state index is 9.29. The largest absolute Gasteiger partial charge is 0.393 e. The molecule has 3 unspecified atom stereocenters. The van der Waals surface area contributed by atoms with Crippen molar-refractivity contribution in [2.24, 2.45) is 5.92 Å². The van der Waals surface area contributed by atoms with Crippen LogP contribution in [0, 0.1) is 5.92 Å². The number of hydrogen-bond donors (Lipinski definition) is 1. The van der Waals surface area contributed by atoms with Gasteiger partial charge in [0.15, 0.2) is 0 Å². The van der Waals surface area contributed by atoms with Crippen molar-refractivity contribution in [3.05, 3.63) is 11.7 Å². The Morgan fingerprint density at radius 1 is 1.58 bits per heavy atom. The third-order valence-electron chi connectivity index (χ3n) is 4.00. The summed E-state index contributed by atoms with van der Waals surface area (Å²) in [6, 6.07) is 0. The molecule has 0 saturated heterocycles. The van der Waals surface area contributed by atoms with E-state index in [2.05, 4.69) is 17.1 Å². The van der Waals surface area contributed by atoms with E-state index >= 15 is 0 Å². The molecule has 1 heterocycles. The summed E-state index contributed by atoms with van der Waals surface area (Å²) in [5, 5.41) is 13.4. The molecule has 0 radical (unpaired) electrons. The second-order valence-corrected chi connectivity index (χ2v) is 5.80. The van der Waals surface area contributed by atoms with Crippen LogP contribution in [0.4, 0.5) is 0 Å². The summed E-state index contributed by atoms with van der Waals surface area (Å²) in [6.45, 7) is 4.00. The van der Waals surface area contributed by atoms with Crippen molar-refractivity contribution in [1.82, 2.24) is 10.1 Å². The van der Waals surface area contributed by atoms with Gasteiger partial charge in [0.05, 0.1) is 6.10 Å². The standard InChI is InChI=1S/C14H24N2O3/c1-10-5-4-8-14(9-10,18-3)13-15-12(19-16-13)7-6-11(2)17/h10-11,17H,4-9H2,1-3H3. The number of methoxy groups -OCH3 is 1. The van der Waals surface area contributed by atoms with Crippen LogP contribution < -0.4 is 0 Å². The van der Waals surface area contributed by atoms with E-state index in [4.69, 9.17) is 9.26 Å². The van der Waals surface area contributed by atoms with Gasteiger partial charge in [-0.2, -0.15) is 4.98 Å². The number of nitrogens with zero attached hydrogens (tertiary/aromatic N) is 2. The van der Waals surface area contributed by atoms with E-state index in [-0.39, 0.29) is 11.7 Å². The normalized spacial score (nSPS) is 29.4. The lowest BCUT2D eigenvalue weighted by atomic mass is 9.78. The molecule has 1 aromatic rings. The van der Waals surface area contributed by atoms with E-state index < -0.39 is 0 Å². The molecule has 108 valence electrons. The van der Waals surface area contributed by atoms with Crippen LogP contribution in [0.15, 0.2) is 4.52 Å². The lowest BCUT2D eigenvalue weighted by molar-refractivity contribution is -0.0658. The molecule has 1 aromatic heterocycles. The van der Waals surface area contributed by atoms with Crippen molar-refractivity contribution in [3.8, 4) is 0 Å². The number of aliphatic hydroxyl groups excluding tert-OH is 1. The number of hydrogen-bond acceptors (Lipinski definition) is 5. The highest BCUT2D eigenvalue weighted by Gasteiger charge is 2.40. The van der Waals surface area contributed by atoms with E-state index in [0.717, 1.165) is 19.3 Å². The minimum Gasteiger partial charge on any atom is -0.393 e. The van der Waals surface area contributed by atoms with Crippen molar-refractivity contribution in [3.63, 3.8) is 0 Å². The van der Waals surface area contributed by atoms with Crippen molar-refractivity contribution < 1.29 is 14.4 Å². The zero-order valence-electron chi connectivity index (χ0n) is 12.1. The van der Waals surface area contributed by atoms with Gasteiger partial charge in [0.25, 0.3) is 0 Å². The average Bonchev–Trinajstić information content (AvgIpc) is 2.85. The Morgan fingerprint density at radius 3 is 3.00 bits per heavy atom. The summed E-state index contributed by atoms with van der Waals surface area (Å²) in [4.78, 5) is 4.47. The van der Waals surface area contributed by atoms with Crippen molar-refractivity contribution >= 4 is 0 Å². The number of aryl methyl sites for hydroxylation is 1. The van der Waals surface area contributed by atoms with Crippen LogP contribution in [0.5, 0.6) is 0 Å². The topological polar surface area (TPSA) is 68.4 Å². The Bertz CT molecular complexity index is 405. The van der Waals surface area contributed by atoms with Crippen LogP contribution in [-0.4, -0.2) is 28.5 Å². The van der Waals surface area contributed by atoms with Gasteiger partial charge in [0.2, 0.25) is 11.7 Å². The first-order valence-corrected chi connectivity index (χ1v) is 7.12. The SMILES string of the molecule is COC1(c2noc(CCC(C)O)n2)CCCC(C)C1. The highest BCUT2D eigenvalue weighted by Crippen LogP contribution is 2.41. The monoisotopic (exact) mass is 268 g/mol. The Kier molecular flexibility index (Phi) is 4.58. The zero-order chi connectivity index (χ0) is 13.9. The molecule has 5 heteroatoms. The number of aliphatic hydroxyl groups is 1. The van der Waals surface area contributed by atoms with Gasteiger partial charge in [-0.3, -0.25) is 0 Å². The fourth-order valence-corrected chi connectivity index (χ4v) is 2.86. The first-order valence-electron chi connectivity index (χ1n) is 7.12. The van der Waals surface area contributed by atoms with E-state index in [1.165, 1.54) is 6.42 Å². The van der Waals surface area contributed by atoms with Crippen molar-refractivity contribution in [2.45, 2.75) is 64.1 Å². The molecule has 0 amide bonds. The van der Waals surface area contributed by atoms with Gasteiger partial charge in [0, 0.05) is 13.5 Å². The van der Waals surface area contributed by atoms with E-state index in [9.17, 15) is 5.11 Å². The molecule has 5 nitrogen and oxygen atoms in total. The minimum atomic E-state index is -0.385. The van der Waals surface area contributed by atoms with E-state index in [0.29, 0.717) is 30.5 Å². The Hall–Kier alpha value is -0.940. The Balaban J connectivity index is 2.10. The van der Waals surface area contributed by atoms with Crippen LogP contribution in [0.2, 0.25) is 0 Å². The van der Waals surface area contributed by atoms with Crippen LogP contribution in [-0.2, 0) is 16.8 Å². The molecule has 0 spiro atoms. The van der Waals surface area contributed by atoms with Gasteiger partial charge >= 0.3 is 0 Å². The maximum Gasteiger partial charge on any atom is 0.226 e. The molecule has 0 aromatic carbocycles. The summed E-state index contributed by atoms with van der Waals surface area (Å²) < 4.78 is 11.0. The third-order valence-corrected chi connectivity index (χ3v) is 4.00. The predicted octanol–water partition coefficient (Wildman–Crippen LogP) is 2.43. The fraction of sp³-hybridized carbons (Fsp3) is 0.857. The van der Waals surface area contributed by atoms with Crippen molar-refractivity contribution in [2.75, 3.05) is 7.11 Å². The van der Waals surface area contributed by atoms with Crippen LogP contribution in [0.3, 0.4) is 0 Å². The summed E-state index contributed by atoms with van der Waals surface area (Å²) in [5.41, 5.74) is -0.385. The quantitative estimate of drug-likeness (QED) is 0.888. The summed E-state index contributed by atoms with van der Waals surface area (Å²) in [7, 11) is 1.73. The average molecular weight is 268 g/mol. The first kappa shape index (κ1) is 14.5. The lowest BCUT2D eigenvalue weighted by Crippen LogP contribution is -2.35. The molecule has 1 aliphatic carbocycles. The first-order chi connectivity index (χ1) is 9.05. The highest BCUT2D eigenvalue weighted by molar-refractivity contribution is 5.04. The van der Waals surface area contributed by atoms with Crippen LogP contribution in [0.1, 0.15) is 57.7 Å². The highest BCUT2D eigenvalue weighted by atomic mass is 16.5. The van der Waals surface area contributed by atoms with Gasteiger partial charge in [-0.25, -0.2) is 0 Å². The summed E-state index contributed by atoms with van der Waals surface area (Å²) in [6.07, 6.45) is 5.16. The van der Waals surface area contributed by atoms with E-state index in [1.54, 1.807) is 14.0 Å². The molecule has 3 atom stereocenters. The third kappa shape index (κ3) is 3.34. The molecular formula is C14H24N2O3. The molecule has 1 fully saturated rings. The number of aromatic nitrogens is 2. The van der Waals surface area contributed by atoms with Crippen molar-refractivity contribution in [1.29, 1.82) is 0 Å². The van der Waals surface area contributed by atoms with Crippen LogP contribution in [0.25, 0.3) is 0 Å². The molecule has 1 aliphatic rings. The van der Waals surface area contributed by atoms with E-state index in [1.807, 2.05) is 0 Å². The molecule has 1 saturated carbocycles. The van der Waals surface area contributed by atoms with Gasteiger partial charge in [-0.1, -0.05) is 18.5 Å². The molecule has 0 aliphatic heterocycles. The van der Waals surface area contributed by atoms with Crippen LogP contribution >= 0.6 is 0 Å². The molecule has 2 rings (SSSR count). The van der Waals surface area contributed by atoms with Gasteiger partial charge < -0.3 is 14.4 Å². The number of ether oxygens (including phenoxy) is 1. The summed E-state index contributed by atoms with van der Waals surface area (Å²) >= 11 is 0.